The Labute approximate surface area is 164 Å². The minimum absolute atomic E-state index is 0.166. The normalized spacial score (nSPS) is 11.2. The lowest BCUT2D eigenvalue weighted by Crippen LogP contribution is -2.29. The van der Waals surface area contributed by atoms with Gasteiger partial charge in [-0.15, -0.1) is 0 Å². The van der Waals surface area contributed by atoms with Crippen LogP contribution in [0.3, 0.4) is 0 Å². The predicted molar refractivity (Wildman–Crippen MR) is 104 cm³/mol. The van der Waals surface area contributed by atoms with E-state index in [2.05, 4.69) is 10.5 Å². The molecule has 0 atom stereocenters. The zero-order valence-corrected chi connectivity index (χ0v) is 17.2. The lowest BCUT2D eigenvalue weighted by Gasteiger charge is -2.18. The van der Waals surface area contributed by atoms with Crippen LogP contribution >= 0.6 is 11.6 Å². The molecule has 8 nitrogen and oxygen atoms in total. The van der Waals surface area contributed by atoms with E-state index in [9.17, 15) is 9.59 Å². The third kappa shape index (κ3) is 8.17. The van der Waals surface area contributed by atoms with Crippen LogP contribution in [0.15, 0.2) is 17.2 Å². The molecule has 0 saturated carbocycles. The first kappa shape index (κ1) is 22.6. The van der Waals surface area contributed by atoms with Crippen LogP contribution in [0.25, 0.3) is 0 Å². The van der Waals surface area contributed by atoms with Crippen molar-refractivity contribution in [2.75, 3.05) is 27.3 Å². The third-order valence-corrected chi connectivity index (χ3v) is 3.22. The van der Waals surface area contributed by atoms with E-state index < -0.39 is 11.7 Å². The highest BCUT2D eigenvalue weighted by atomic mass is 35.5. The van der Waals surface area contributed by atoms with E-state index in [1.54, 1.807) is 47.0 Å². The molecule has 1 aromatic rings. The Balaban J connectivity index is 2.90. The number of nitrogens with one attached hydrogen (secondary N) is 1. The highest BCUT2D eigenvalue weighted by Gasteiger charge is 2.16. The molecule has 27 heavy (non-hydrogen) atoms. The Kier molecular flexibility index (Phi) is 8.36. The van der Waals surface area contributed by atoms with Gasteiger partial charge in [-0.05, 0) is 45.4 Å². The number of rotatable bonds is 7. The quantitative estimate of drug-likeness (QED) is 0.562. The summed E-state index contributed by atoms with van der Waals surface area (Å²) in [4.78, 5) is 24.7. The second-order valence-electron chi connectivity index (χ2n) is 6.71. The smallest absolute Gasteiger partial charge is 0.428 e. The molecule has 0 fully saturated rings. The van der Waals surface area contributed by atoms with Crippen molar-refractivity contribution in [3.8, 4) is 11.5 Å². The number of carbonyl (C=O) groups excluding carboxylic acids is 2. The number of likely N-dealkylation sites (N-methyl/N-ethyl adjacent to an activating group) is 1. The lowest BCUT2D eigenvalue weighted by molar-refractivity contribution is -0.130. The van der Waals surface area contributed by atoms with Crippen LogP contribution in [0.2, 0.25) is 5.02 Å². The van der Waals surface area contributed by atoms with Gasteiger partial charge in [0.05, 0.1) is 17.8 Å². The molecule has 0 aromatic heterocycles. The molecule has 1 aromatic carbocycles. The minimum atomic E-state index is -0.669. The molecular weight excluding hydrogens is 374 g/mol. The Morgan fingerprint density at radius 1 is 1.26 bits per heavy atom. The second kappa shape index (κ2) is 10.0. The number of hydrogen-bond acceptors (Lipinski definition) is 6. The fourth-order valence-electron chi connectivity index (χ4n) is 1.79. The van der Waals surface area contributed by atoms with Crippen LogP contribution in [-0.4, -0.2) is 56.0 Å². The highest BCUT2D eigenvalue weighted by molar-refractivity contribution is 6.32. The zero-order valence-electron chi connectivity index (χ0n) is 16.5. The van der Waals surface area contributed by atoms with E-state index >= 15 is 0 Å². The van der Waals surface area contributed by atoms with Gasteiger partial charge in [-0.25, -0.2) is 10.2 Å². The van der Waals surface area contributed by atoms with Gasteiger partial charge in [0, 0.05) is 14.1 Å². The first-order chi connectivity index (χ1) is 12.5. The van der Waals surface area contributed by atoms with E-state index in [0.717, 1.165) is 0 Å². The van der Waals surface area contributed by atoms with Crippen LogP contribution in [0.5, 0.6) is 11.5 Å². The maximum absolute atomic E-state index is 11.7. The molecule has 0 aliphatic heterocycles. The van der Waals surface area contributed by atoms with Crippen LogP contribution in [0, 0.1) is 0 Å². The molecule has 0 spiro atoms. The maximum atomic E-state index is 11.7. The largest absolute Gasteiger partial charge is 0.490 e. The van der Waals surface area contributed by atoms with E-state index in [1.165, 1.54) is 11.1 Å². The van der Waals surface area contributed by atoms with Crippen LogP contribution in [0.4, 0.5) is 4.79 Å². The maximum Gasteiger partial charge on any atom is 0.428 e. The van der Waals surface area contributed by atoms with Crippen molar-refractivity contribution in [3.63, 3.8) is 0 Å². The average Bonchev–Trinajstić information content (AvgIpc) is 2.52. The molecular formula is C18H26ClN3O5. The van der Waals surface area contributed by atoms with Gasteiger partial charge in [-0.2, -0.15) is 5.10 Å². The molecule has 2 amide bonds. The summed E-state index contributed by atoms with van der Waals surface area (Å²) in [5.74, 6) is 0.432. The summed E-state index contributed by atoms with van der Waals surface area (Å²) in [6, 6.07) is 3.23. The molecule has 1 rings (SSSR count). The molecule has 0 aliphatic carbocycles. The van der Waals surface area contributed by atoms with Gasteiger partial charge in [-0.1, -0.05) is 11.6 Å². The molecule has 0 radical (unpaired) electrons. The number of ether oxygens (including phenoxy) is 3. The first-order valence-electron chi connectivity index (χ1n) is 8.34. The van der Waals surface area contributed by atoms with Crippen LogP contribution in [-0.2, 0) is 9.53 Å². The van der Waals surface area contributed by atoms with Gasteiger partial charge in [0.25, 0.3) is 5.91 Å². The SMILES string of the molecule is CCOc1cc(/C=N\NC(=O)OC(C)(C)C)cc(Cl)c1OCC(=O)N(C)C. The standard InChI is InChI=1S/C18H26ClN3O5/c1-7-25-14-9-12(10-20-21-17(24)27-18(2,3)4)8-13(19)16(14)26-11-15(23)22(5)6/h8-10H,7,11H2,1-6H3,(H,21,24)/b20-10-. The van der Waals surface area contributed by atoms with E-state index in [1.807, 2.05) is 6.92 Å². The molecule has 0 heterocycles. The molecule has 9 heteroatoms. The lowest BCUT2D eigenvalue weighted by atomic mass is 10.2. The van der Waals surface area contributed by atoms with Gasteiger partial charge in [0.15, 0.2) is 18.1 Å². The Bertz CT molecular complexity index is 699. The summed E-state index contributed by atoms with van der Waals surface area (Å²) in [5.41, 5.74) is 2.23. The van der Waals surface area contributed by atoms with Gasteiger partial charge in [0.2, 0.25) is 0 Å². The summed E-state index contributed by atoms with van der Waals surface area (Å²) in [5, 5.41) is 4.09. The Morgan fingerprint density at radius 3 is 2.48 bits per heavy atom. The zero-order chi connectivity index (χ0) is 20.6. The van der Waals surface area contributed by atoms with E-state index in [4.69, 9.17) is 25.8 Å². The molecule has 150 valence electrons. The molecule has 0 unspecified atom stereocenters. The predicted octanol–water partition coefficient (Wildman–Crippen LogP) is 3.06. The fourth-order valence-corrected chi connectivity index (χ4v) is 2.06. The number of halogens is 1. The van der Waals surface area contributed by atoms with Gasteiger partial charge < -0.3 is 19.1 Å². The van der Waals surface area contributed by atoms with Crippen molar-refractivity contribution in [2.24, 2.45) is 5.10 Å². The van der Waals surface area contributed by atoms with Crippen molar-refractivity contribution in [1.29, 1.82) is 0 Å². The van der Waals surface area contributed by atoms with Gasteiger partial charge in [-0.3, -0.25) is 4.79 Å². The van der Waals surface area contributed by atoms with Crippen LogP contribution in [0.1, 0.15) is 33.3 Å². The number of carbonyl (C=O) groups is 2. The topological polar surface area (TPSA) is 89.5 Å². The van der Waals surface area contributed by atoms with Crippen molar-refractivity contribution in [1.82, 2.24) is 10.3 Å². The number of hydrazone groups is 1. The number of nitrogens with zero attached hydrogens (tertiary/aromatic N) is 2. The number of amides is 2. The van der Waals surface area contributed by atoms with E-state index in [0.29, 0.717) is 17.9 Å². The molecule has 0 bridgehead atoms. The van der Waals surface area contributed by atoms with Gasteiger partial charge >= 0.3 is 6.09 Å². The van der Waals surface area contributed by atoms with Crippen LogP contribution < -0.4 is 14.9 Å². The molecule has 0 aliphatic rings. The van der Waals surface area contributed by atoms with Crippen molar-refractivity contribution < 1.29 is 23.8 Å². The second-order valence-corrected chi connectivity index (χ2v) is 7.12. The summed E-state index contributed by atoms with van der Waals surface area (Å²) in [6.45, 7) is 7.29. The van der Waals surface area contributed by atoms with Crippen molar-refractivity contribution >= 4 is 29.8 Å². The molecule has 1 N–H and O–H groups in total. The Morgan fingerprint density at radius 2 is 1.93 bits per heavy atom. The van der Waals surface area contributed by atoms with Crippen molar-refractivity contribution in [3.05, 3.63) is 22.7 Å². The monoisotopic (exact) mass is 399 g/mol. The fraction of sp³-hybridized carbons (Fsp3) is 0.500. The summed E-state index contributed by atoms with van der Waals surface area (Å²) in [7, 11) is 3.27. The minimum Gasteiger partial charge on any atom is -0.490 e. The number of hydrogen-bond donors (Lipinski definition) is 1. The average molecular weight is 400 g/mol. The van der Waals surface area contributed by atoms with Gasteiger partial charge in [0.1, 0.15) is 5.60 Å². The van der Waals surface area contributed by atoms with Crippen molar-refractivity contribution in [2.45, 2.75) is 33.3 Å². The highest BCUT2D eigenvalue weighted by Crippen LogP contribution is 2.36. The summed E-state index contributed by atoms with van der Waals surface area (Å²) < 4.78 is 16.1. The summed E-state index contributed by atoms with van der Waals surface area (Å²) >= 11 is 6.26. The summed E-state index contributed by atoms with van der Waals surface area (Å²) in [6.07, 6.45) is 0.726. The number of benzene rings is 1. The third-order valence-electron chi connectivity index (χ3n) is 2.94. The van der Waals surface area contributed by atoms with E-state index in [-0.39, 0.29) is 23.3 Å². The Hall–Kier alpha value is -2.48. The first-order valence-corrected chi connectivity index (χ1v) is 8.72. The molecule has 0 saturated heterocycles.